The maximum absolute atomic E-state index is 12.7. The highest BCUT2D eigenvalue weighted by Crippen LogP contribution is 2.35. The minimum Gasteiger partial charge on any atom is -0.423 e. The van der Waals surface area contributed by atoms with Crippen molar-refractivity contribution in [2.45, 2.75) is 65.1 Å². The molecule has 0 aliphatic carbocycles. The molecule has 2 aromatic rings. The Morgan fingerprint density at radius 3 is 2.10 bits per heavy atom. The summed E-state index contributed by atoms with van der Waals surface area (Å²) in [6, 6.07) is 18.0. The largest absolute Gasteiger partial charge is 0.516 e. The molecule has 2 aromatic carbocycles. The number of nitrogens with zero attached hydrogens (tertiary/aromatic N) is 1. The van der Waals surface area contributed by atoms with Crippen molar-refractivity contribution in [2.75, 3.05) is 13.7 Å². The van der Waals surface area contributed by atoms with Crippen LogP contribution >= 0.6 is 0 Å². The molecule has 4 heteroatoms. The van der Waals surface area contributed by atoms with Crippen molar-refractivity contribution in [3.63, 3.8) is 0 Å². The molecule has 0 aliphatic rings. The van der Waals surface area contributed by atoms with Crippen LogP contribution in [0.1, 0.15) is 57.2 Å². The van der Waals surface area contributed by atoms with E-state index < -0.39 is 5.60 Å². The van der Waals surface area contributed by atoms with Gasteiger partial charge in [-0.05, 0) is 52.2 Å². The van der Waals surface area contributed by atoms with Crippen molar-refractivity contribution >= 4 is 6.09 Å². The number of benzene rings is 2. The van der Waals surface area contributed by atoms with Gasteiger partial charge in [-0.25, -0.2) is 4.48 Å². The lowest BCUT2D eigenvalue weighted by Gasteiger charge is -2.42. The number of hydrogen-bond donors (Lipinski definition) is 1. The standard InChI is InChI=1S/C25H36NO3/c1-19(2)26(20(3)4,24(27)29-6)17-11-16-25(28,22-13-8-7-9-14-22)23-15-10-12-21(5)18-23/h7-10,12-15,18-20,28H,11,16-17H2,1-6H3/q+1. The van der Waals surface area contributed by atoms with Gasteiger partial charge in [0.05, 0.1) is 25.7 Å². The quantitative estimate of drug-likeness (QED) is 0.605. The van der Waals surface area contributed by atoms with Crippen LogP contribution in [0.2, 0.25) is 0 Å². The normalized spacial score (nSPS) is 14.1. The van der Waals surface area contributed by atoms with Crippen LogP contribution in [0, 0.1) is 6.92 Å². The summed E-state index contributed by atoms with van der Waals surface area (Å²) in [5.74, 6) is 0. The molecule has 0 aliphatic heterocycles. The average molecular weight is 399 g/mol. The molecule has 0 spiro atoms. The van der Waals surface area contributed by atoms with E-state index in [4.69, 9.17) is 4.74 Å². The number of carbonyl (C=O) groups excluding carboxylic acids is 1. The molecule has 0 bridgehead atoms. The number of rotatable bonds is 8. The lowest BCUT2D eigenvalue weighted by Crippen LogP contribution is -2.62. The van der Waals surface area contributed by atoms with Crippen molar-refractivity contribution in [2.24, 2.45) is 0 Å². The molecule has 0 saturated carbocycles. The SMILES string of the molecule is COC(=O)[N+](CCCC(O)(c1ccccc1)c1cccc(C)c1)(C(C)C)C(C)C. The number of aryl methyl sites for hydroxylation is 1. The topological polar surface area (TPSA) is 46.5 Å². The fourth-order valence-corrected chi connectivity index (χ4v) is 4.46. The third kappa shape index (κ3) is 4.71. The van der Waals surface area contributed by atoms with Crippen molar-refractivity contribution in [1.29, 1.82) is 0 Å². The Morgan fingerprint density at radius 2 is 1.59 bits per heavy atom. The fraction of sp³-hybridized carbons (Fsp3) is 0.480. The number of methoxy groups -OCH3 is 1. The lowest BCUT2D eigenvalue weighted by atomic mass is 9.82. The van der Waals surface area contributed by atoms with E-state index in [-0.39, 0.29) is 22.7 Å². The van der Waals surface area contributed by atoms with Gasteiger partial charge in [0.1, 0.15) is 5.60 Å². The monoisotopic (exact) mass is 398 g/mol. The number of ether oxygens (including phenoxy) is 1. The van der Waals surface area contributed by atoms with Gasteiger partial charge in [0.15, 0.2) is 0 Å². The smallest absolute Gasteiger partial charge is 0.423 e. The molecule has 0 saturated heterocycles. The predicted molar refractivity (Wildman–Crippen MR) is 118 cm³/mol. The number of quaternary nitrogens is 1. The Hall–Kier alpha value is -2.17. The molecule has 1 unspecified atom stereocenters. The van der Waals surface area contributed by atoms with Crippen molar-refractivity contribution in [3.8, 4) is 0 Å². The maximum Gasteiger partial charge on any atom is 0.516 e. The molecule has 1 atom stereocenters. The minimum absolute atomic E-state index is 0.0891. The summed E-state index contributed by atoms with van der Waals surface area (Å²) in [6.07, 6.45) is 0.996. The van der Waals surface area contributed by atoms with Gasteiger partial charge in [0.2, 0.25) is 0 Å². The summed E-state index contributed by atoms with van der Waals surface area (Å²) in [6.45, 7) is 10.9. The van der Waals surface area contributed by atoms with Crippen LogP contribution in [0.5, 0.6) is 0 Å². The molecule has 1 amide bonds. The molecule has 0 aromatic heterocycles. The maximum atomic E-state index is 12.7. The summed E-state index contributed by atoms with van der Waals surface area (Å²) in [5.41, 5.74) is 1.76. The lowest BCUT2D eigenvalue weighted by molar-refractivity contribution is -0.899. The van der Waals surface area contributed by atoms with Gasteiger partial charge in [0, 0.05) is 6.42 Å². The van der Waals surface area contributed by atoms with E-state index >= 15 is 0 Å². The van der Waals surface area contributed by atoms with Gasteiger partial charge in [-0.2, -0.15) is 4.79 Å². The zero-order valence-corrected chi connectivity index (χ0v) is 18.7. The second-order valence-electron chi connectivity index (χ2n) is 8.51. The molecule has 158 valence electrons. The van der Waals surface area contributed by atoms with Crippen LogP contribution in [0.4, 0.5) is 4.79 Å². The van der Waals surface area contributed by atoms with E-state index in [1.807, 2.05) is 61.5 Å². The summed E-state index contributed by atoms with van der Waals surface area (Å²) < 4.78 is 5.42. The minimum atomic E-state index is -1.10. The summed E-state index contributed by atoms with van der Waals surface area (Å²) in [5, 5.41) is 11.8. The summed E-state index contributed by atoms with van der Waals surface area (Å²) in [4.78, 5) is 12.7. The van der Waals surface area contributed by atoms with Gasteiger partial charge in [0.25, 0.3) is 0 Å². The third-order valence-electron chi connectivity index (χ3n) is 6.17. The second-order valence-corrected chi connectivity index (χ2v) is 8.51. The van der Waals surface area contributed by atoms with E-state index in [2.05, 4.69) is 27.7 Å². The number of hydrogen-bond acceptors (Lipinski definition) is 3. The molecule has 1 N–H and O–H groups in total. The first-order valence-corrected chi connectivity index (χ1v) is 10.5. The Labute approximate surface area is 175 Å². The van der Waals surface area contributed by atoms with Gasteiger partial charge in [-0.3, -0.25) is 0 Å². The zero-order valence-electron chi connectivity index (χ0n) is 18.7. The van der Waals surface area contributed by atoms with E-state index in [1.165, 1.54) is 7.11 Å². The van der Waals surface area contributed by atoms with Crippen LogP contribution < -0.4 is 0 Å². The molecule has 4 nitrogen and oxygen atoms in total. The van der Waals surface area contributed by atoms with Crippen LogP contribution in [-0.4, -0.2) is 41.4 Å². The van der Waals surface area contributed by atoms with Gasteiger partial charge < -0.3 is 9.84 Å². The molecule has 0 heterocycles. The van der Waals surface area contributed by atoms with Crippen molar-refractivity contribution in [3.05, 3.63) is 71.3 Å². The number of aliphatic hydroxyl groups is 1. The molecule has 29 heavy (non-hydrogen) atoms. The summed E-state index contributed by atoms with van der Waals surface area (Å²) in [7, 11) is 1.45. The Balaban J connectivity index is 2.37. The first-order valence-electron chi connectivity index (χ1n) is 10.5. The Morgan fingerprint density at radius 1 is 1.00 bits per heavy atom. The summed E-state index contributed by atoms with van der Waals surface area (Å²) >= 11 is 0. The molecule has 2 rings (SSSR count). The van der Waals surface area contributed by atoms with Gasteiger partial charge in [-0.1, -0.05) is 60.2 Å². The van der Waals surface area contributed by atoms with Crippen molar-refractivity contribution in [1.82, 2.24) is 0 Å². The highest BCUT2D eigenvalue weighted by atomic mass is 16.5. The molecular weight excluding hydrogens is 362 g/mol. The van der Waals surface area contributed by atoms with Crippen LogP contribution in [0.3, 0.4) is 0 Å². The van der Waals surface area contributed by atoms with E-state index in [0.29, 0.717) is 19.4 Å². The third-order valence-corrected chi connectivity index (χ3v) is 6.17. The number of carbonyl (C=O) groups is 1. The van der Waals surface area contributed by atoms with Crippen LogP contribution in [0.15, 0.2) is 54.6 Å². The zero-order chi connectivity index (χ0) is 21.7. The van der Waals surface area contributed by atoms with Crippen molar-refractivity contribution < 1.29 is 19.1 Å². The highest BCUT2D eigenvalue weighted by molar-refractivity contribution is 5.59. The molecule has 0 fully saturated rings. The predicted octanol–water partition coefficient (Wildman–Crippen LogP) is 5.41. The Kier molecular flexibility index (Phi) is 7.61. The van der Waals surface area contributed by atoms with Crippen LogP contribution in [-0.2, 0) is 10.3 Å². The number of amides is 1. The van der Waals surface area contributed by atoms with Gasteiger partial charge >= 0.3 is 6.09 Å². The van der Waals surface area contributed by atoms with Gasteiger partial charge in [-0.15, -0.1) is 0 Å². The van der Waals surface area contributed by atoms with Crippen LogP contribution in [0.25, 0.3) is 0 Å². The fourth-order valence-electron chi connectivity index (χ4n) is 4.46. The first-order chi connectivity index (χ1) is 13.7. The first kappa shape index (κ1) is 23.1. The molecular formula is C25H36NO3+. The molecule has 0 radical (unpaired) electrons. The Bertz CT molecular complexity index is 793. The highest BCUT2D eigenvalue weighted by Gasteiger charge is 2.44. The van der Waals surface area contributed by atoms with E-state index in [0.717, 1.165) is 16.7 Å². The average Bonchev–Trinajstić information content (AvgIpc) is 2.70. The van der Waals surface area contributed by atoms with E-state index in [9.17, 15) is 9.90 Å². The second kappa shape index (κ2) is 9.55. The van der Waals surface area contributed by atoms with E-state index in [1.54, 1.807) is 0 Å².